The van der Waals surface area contributed by atoms with Crippen LogP contribution in [-0.4, -0.2) is 23.1 Å². The van der Waals surface area contributed by atoms with E-state index in [4.69, 9.17) is 5.84 Å². The Morgan fingerprint density at radius 3 is 2.55 bits per heavy atom. The third kappa shape index (κ3) is 3.39. The van der Waals surface area contributed by atoms with Crippen molar-refractivity contribution in [2.24, 2.45) is 11.3 Å². The lowest BCUT2D eigenvalue weighted by Gasteiger charge is -2.39. The van der Waals surface area contributed by atoms with Crippen molar-refractivity contribution in [2.45, 2.75) is 58.9 Å². The number of aryl methyl sites for hydroxylation is 1. The van der Waals surface area contributed by atoms with Gasteiger partial charge in [-0.15, -0.1) is 0 Å². The number of rotatable bonds is 4. The number of aromatic nitrogens is 2. The van der Waals surface area contributed by atoms with Crippen molar-refractivity contribution in [1.82, 2.24) is 9.97 Å². The van der Waals surface area contributed by atoms with Crippen LogP contribution >= 0.6 is 0 Å². The van der Waals surface area contributed by atoms with Crippen LogP contribution in [0.3, 0.4) is 0 Å². The lowest BCUT2D eigenvalue weighted by Crippen LogP contribution is -2.37. The molecule has 1 aromatic heterocycles. The molecule has 1 heterocycles. The van der Waals surface area contributed by atoms with E-state index in [0.717, 1.165) is 18.1 Å². The molecule has 0 saturated heterocycles. The van der Waals surface area contributed by atoms with Crippen LogP contribution in [0.1, 0.15) is 52.3 Å². The van der Waals surface area contributed by atoms with Gasteiger partial charge in [-0.1, -0.05) is 20.8 Å². The minimum absolute atomic E-state index is 0.488. The number of hydrazine groups is 1. The predicted molar refractivity (Wildman–Crippen MR) is 83.7 cm³/mol. The van der Waals surface area contributed by atoms with Crippen LogP contribution in [0.15, 0.2) is 6.07 Å². The average molecular weight is 277 g/mol. The zero-order valence-corrected chi connectivity index (χ0v) is 13.1. The second kappa shape index (κ2) is 5.95. The quantitative estimate of drug-likeness (QED) is 0.654. The Morgan fingerprint density at radius 2 is 2.00 bits per heavy atom. The van der Waals surface area contributed by atoms with Crippen molar-refractivity contribution >= 4 is 11.6 Å². The Kier molecular flexibility index (Phi) is 4.48. The molecule has 112 valence electrons. The van der Waals surface area contributed by atoms with Crippen molar-refractivity contribution in [1.29, 1.82) is 0 Å². The fourth-order valence-electron chi connectivity index (χ4n) is 2.85. The summed E-state index contributed by atoms with van der Waals surface area (Å²) in [5.74, 6) is 7.99. The van der Waals surface area contributed by atoms with E-state index < -0.39 is 0 Å². The largest absolute Gasteiger partial charge is 0.357 e. The lowest BCUT2D eigenvalue weighted by atomic mass is 9.75. The van der Waals surface area contributed by atoms with Gasteiger partial charge in [-0.25, -0.2) is 15.8 Å². The summed E-state index contributed by atoms with van der Waals surface area (Å²) in [6.45, 7) is 6.78. The zero-order valence-electron chi connectivity index (χ0n) is 13.1. The molecule has 5 heteroatoms. The topological polar surface area (TPSA) is 67.1 Å². The van der Waals surface area contributed by atoms with Gasteiger partial charge in [-0.05, 0) is 31.1 Å². The molecule has 0 bridgehead atoms. The first-order valence-electron chi connectivity index (χ1n) is 7.52. The third-order valence-electron chi connectivity index (χ3n) is 4.44. The first-order valence-corrected chi connectivity index (χ1v) is 7.52. The number of nitrogens with zero attached hydrogens (tertiary/aromatic N) is 3. The molecule has 0 atom stereocenters. The summed E-state index contributed by atoms with van der Waals surface area (Å²) in [4.78, 5) is 11.3. The molecule has 0 radical (unpaired) electrons. The van der Waals surface area contributed by atoms with Gasteiger partial charge in [0.1, 0.15) is 17.5 Å². The summed E-state index contributed by atoms with van der Waals surface area (Å²) >= 11 is 0. The van der Waals surface area contributed by atoms with Gasteiger partial charge >= 0.3 is 0 Å². The van der Waals surface area contributed by atoms with Gasteiger partial charge in [-0.2, -0.15) is 0 Å². The van der Waals surface area contributed by atoms with Crippen molar-refractivity contribution in [3.05, 3.63) is 11.9 Å². The second-order valence-corrected chi connectivity index (χ2v) is 6.53. The molecule has 5 nitrogen and oxygen atoms in total. The summed E-state index contributed by atoms with van der Waals surface area (Å²) < 4.78 is 0. The summed E-state index contributed by atoms with van der Waals surface area (Å²) in [6.07, 6.45) is 5.81. The Hall–Kier alpha value is -1.36. The van der Waals surface area contributed by atoms with Crippen LogP contribution < -0.4 is 16.2 Å². The van der Waals surface area contributed by atoms with Crippen LogP contribution in [0.25, 0.3) is 0 Å². The Balaban J connectivity index is 2.14. The van der Waals surface area contributed by atoms with Crippen LogP contribution in [0, 0.1) is 5.41 Å². The minimum atomic E-state index is 0.488. The zero-order chi connectivity index (χ0) is 14.8. The lowest BCUT2D eigenvalue weighted by molar-refractivity contribution is 0.222. The van der Waals surface area contributed by atoms with Crippen molar-refractivity contribution in [2.75, 3.05) is 17.4 Å². The molecular weight excluding hydrogens is 250 g/mol. The predicted octanol–water partition coefficient (Wildman–Crippen LogP) is 2.73. The average Bonchev–Trinajstić information content (AvgIpc) is 2.46. The fraction of sp³-hybridized carbons (Fsp3) is 0.733. The van der Waals surface area contributed by atoms with Crippen LogP contribution in [-0.2, 0) is 6.42 Å². The van der Waals surface area contributed by atoms with E-state index in [9.17, 15) is 0 Å². The SMILES string of the molecule is CCc1nc(NN)cc(N(C)C2CCC(C)(C)CC2)n1. The van der Waals surface area contributed by atoms with Crippen LogP contribution in [0.2, 0.25) is 0 Å². The van der Waals surface area contributed by atoms with Gasteiger partial charge in [-0.3, -0.25) is 0 Å². The van der Waals surface area contributed by atoms with E-state index in [2.05, 4.69) is 48.1 Å². The van der Waals surface area contributed by atoms with Gasteiger partial charge in [0.05, 0.1) is 0 Å². The number of nitrogen functional groups attached to an aromatic ring is 1. The first-order chi connectivity index (χ1) is 9.45. The Bertz CT molecular complexity index is 425. The maximum absolute atomic E-state index is 5.50. The number of nitrogens with one attached hydrogen (secondary N) is 1. The highest BCUT2D eigenvalue weighted by molar-refractivity contribution is 5.49. The molecule has 20 heavy (non-hydrogen) atoms. The number of nitrogens with two attached hydrogens (primary N) is 1. The van der Waals surface area contributed by atoms with E-state index >= 15 is 0 Å². The molecule has 1 aliphatic carbocycles. The summed E-state index contributed by atoms with van der Waals surface area (Å²) in [6, 6.07) is 2.49. The van der Waals surface area contributed by atoms with Crippen LogP contribution in [0.4, 0.5) is 11.6 Å². The molecule has 0 aromatic carbocycles. The molecule has 1 fully saturated rings. The monoisotopic (exact) mass is 277 g/mol. The second-order valence-electron chi connectivity index (χ2n) is 6.53. The highest BCUT2D eigenvalue weighted by atomic mass is 15.3. The normalized spacial score (nSPS) is 18.9. The number of anilines is 2. The van der Waals surface area contributed by atoms with E-state index in [1.807, 2.05) is 6.07 Å². The third-order valence-corrected chi connectivity index (χ3v) is 4.44. The van der Waals surface area contributed by atoms with Crippen molar-refractivity contribution in [3.8, 4) is 0 Å². The van der Waals surface area contributed by atoms with E-state index in [1.165, 1.54) is 25.7 Å². The Labute approximate surface area is 121 Å². The molecule has 3 N–H and O–H groups in total. The molecule has 1 aliphatic rings. The first kappa shape index (κ1) is 15.0. The molecule has 0 amide bonds. The molecule has 1 saturated carbocycles. The maximum atomic E-state index is 5.50. The fourth-order valence-corrected chi connectivity index (χ4v) is 2.85. The van der Waals surface area contributed by atoms with Gasteiger partial charge in [0.15, 0.2) is 0 Å². The van der Waals surface area contributed by atoms with Gasteiger partial charge in [0.25, 0.3) is 0 Å². The molecule has 0 spiro atoms. The van der Waals surface area contributed by atoms with E-state index in [-0.39, 0.29) is 0 Å². The molecule has 0 aliphatic heterocycles. The highest BCUT2D eigenvalue weighted by Crippen LogP contribution is 2.37. The maximum Gasteiger partial charge on any atom is 0.145 e. The standard InChI is InChI=1S/C15H27N5/c1-5-12-17-13(19-16)10-14(18-12)20(4)11-6-8-15(2,3)9-7-11/h10-11H,5-9,16H2,1-4H3,(H,17,18,19). The van der Waals surface area contributed by atoms with Gasteiger partial charge < -0.3 is 10.3 Å². The van der Waals surface area contributed by atoms with E-state index in [0.29, 0.717) is 17.3 Å². The smallest absolute Gasteiger partial charge is 0.145 e. The van der Waals surface area contributed by atoms with Crippen LogP contribution in [0.5, 0.6) is 0 Å². The Morgan fingerprint density at radius 1 is 1.35 bits per heavy atom. The van der Waals surface area contributed by atoms with Crippen molar-refractivity contribution < 1.29 is 0 Å². The summed E-state index contributed by atoms with van der Waals surface area (Å²) in [7, 11) is 2.13. The number of hydrogen-bond acceptors (Lipinski definition) is 5. The van der Waals surface area contributed by atoms with Gasteiger partial charge in [0, 0.05) is 25.6 Å². The molecular formula is C15H27N5. The van der Waals surface area contributed by atoms with E-state index in [1.54, 1.807) is 0 Å². The summed E-state index contributed by atoms with van der Waals surface area (Å²) in [5.41, 5.74) is 3.12. The summed E-state index contributed by atoms with van der Waals surface area (Å²) in [5, 5.41) is 0. The minimum Gasteiger partial charge on any atom is -0.357 e. The number of hydrogen-bond donors (Lipinski definition) is 2. The molecule has 0 unspecified atom stereocenters. The van der Waals surface area contributed by atoms with Gasteiger partial charge in [0.2, 0.25) is 0 Å². The van der Waals surface area contributed by atoms with Crippen molar-refractivity contribution in [3.63, 3.8) is 0 Å². The highest BCUT2D eigenvalue weighted by Gasteiger charge is 2.29. The molecule has 1 aromatic rings. The molecule has 2 rings (SSSR count).